The Labute approximate surface area is 202 Å². The topological polar surface area (TPSA) is 71.5 Å². The highest BCUT2D eigenvalue weighted by molar-refractivity contribution is 5.82. The van der Waals surface area contributed by atoms with E-state index in [9.17, 15) is 18.4 Å². The van der Waals surface area contributed by atoms with Crippen LogP contribution in [0.15, 0.2) is 54.7 Å². The number of nitrogens with zero attached hydrogens (tertiary/aromatic N) is 2. The first-order valence-electron chi connectivity index (χ1n) is 11.4. The molecule has 4 rings (SSSR count). The second-order valence-electron chi connectivity index (χ2n) is 8.56. The fraction of sp³-hybridized carbons (Fsp3) is 0.296. The molecule has 0 radical (unpaired) electrons. The van der Waals surface area contributed by atoms with E-state index in [1.165, 1.54) is 13.2 Å². The molecule has 0 spiro atoms. The number of hydrogen-bond donors (Lipinski definition) is 1. The largest absolute Gasteiger partial charge is 0.367 e. The lowest BCUT2D eigenvalue weighted by molar-refractivity contribution is -0.132. The highest BCUT2D eigenvalue weighted by atomic mass is 19.2. The van der Waals surface area contributed by atoms with E-state index in [1.54, 1.807) is 11.1 Å². The molecule has 0 saturated heterocycles. The average Bonchev–Trinajstić information content (AvgIpc) is 2.86. The maximum Gasteiger partial charge on any atom is 0.254 e. The van der Waals surface area contributed by atoms with Gasteiger partial charge in [0.25, 0.3) is 5.91 Å². The smallest absolute Gasteiger partial charge is 0.254 e. The maximum atomic E-state index is 13.5. The summed E-state index contributed by atoms with van der Waals surface area (Å²) in [5.41, 5.74) is 4.94. The van der Waals surface area contributed by atoms with Crippen molar-refractivity contribution in [2.24, 2.45) is 0 Å². The summed E-state index contributed by atoms with van der Waals surface area (Å²) in [5, 5.41) is 2.97. The first-order valence-corrected chi connectivity index (χ1v) is 11.4. The minimum atomic E-state index is -0.964. The van der Waals surface area contributed by atoms with Crippen LogP contribution in [0.1, 0.15) is 39.6 Å². The van der Waals surface area contributed by atoms with E-state index in [4.69, 9.17) is 4.74 Å². The Morgan fingerprint density at radius 1 is 1.14 bits per heavy atom. The van der Waals surface area contributed by atoms with E-state index in [2.05, 4.69) is 10.3 Å². The molecule has 2 heterocycles. The number of rotatable bonds is 7. The van der Waals surface area contributed by atoms with Crippen molar-refractivity contribution in [2.75, 3.05) is 13.7 Å². The number of benzene rings is 2. The molecule has 1 N–H and O–H groups in total. The molecule has 2 amide bonds. The highest BCUT2D eigenvalue weighted by Crippen LogP contribution is 2.25. The Morgan fingerprint density at radius 3 is 2.63 bits per heavy atom. The predicted molar refractivity (Wildman–Crippen MR) is 126 cm³/mol. The number of carbonyl (C=O) groups excluding carboxylic acids is 2. The number of amides is 2. The molecule has 1 atom stereocenters. The molecule has 1 unspecified atom stereocenters. The van der Waals surface area contributed by atoms with Crippen molar-refractivity contribution in [3.05, 3.63) is 99.9 Å². The molecular weight excluding hydrogens is 452 g/mol. The summed E-state index contributed by atoms with van der Waals surface area (Å²) in [6.07, 6.45) is 1.65. The number of pyridine rings is 1. The van der Waals surface area contributed by atoms with Gasteiger partial charge < -0.3 is 15.0 Å². The van der Waals surface area contributed by atoms with E-state index >= 15 is 0 Å². The van der Waals surface area contributed by atoms with Gasteiger partial charge in [-0.3, -0.25) is 14.6 Å². The summed E-state index contributed by atoms with van der Waals surface area (Å²) < 4.78 is 32.1. The number of methoxy groups -OCH3 is 1. The van der Waals surface area contributed by atoms with Gasteiger partial charge in [0.2, 0.25) is 5.91 Å². The van der Waals surface area contributed by atoms with Gasteiger partial charge in [-0.1, -0.05) is 36.4 Å². The fourth-order valence-electron chi connectivity index (χ4n) is 4.40. The third-order valence-corrected chi connectivity index (χ3v) is 6.30. The molecule has 182 valence electrons. The zero-order valence-corrected chi connectivity index (χ0v) is 19.7. The molecule has 0 aliphatic carbocycles. The maximum absolute atomic E-state index is 13.5. The minimum absolute atomic E-state index is 0.00731. The van der Waals surface area contributed by atoms with Crippen molar-refractivity contribution in [3.63, 3.8) is 0 Å². The third-order valence-electron chi connectivity index (χ3n) is 6.30. The van der Waals surface area contributed by atoms with Crippen LogP contribution in [-0.2, 0) is 40.3 Å². The number of nitrogens with one attached hydrogen (secondary N) is 1. The van der Waals surface area contributed by atoms with E-state index in [0.717, 1.165) is 40.1 Å². The summed E-state index contributed by atoms with van der Waals surface area (Å²) >= 11 is 0. The fourth-order valence-corrected chi connectivity index (χ4v) is 4.40. The quantitative estimate of drug-likeness (QED) is 0.560. The van der Waals surface area contributed by atoms with Crippen LogP contribution in [0.5, 0.6) is 0 Å². The van der Waals surface area contributed by atoms with Crippen LogP contribution in [0.3, 0.4) is 0 Å². The van der Waals surface area contributed by atoms with Gasteiger partial charge in [-0.15, -0.1) is 0 Å². The second-order valence-corrected chi connectivity index (χ2v) is 8.56. The zero-order chi connectivity index (χ0) is 24.9. The van der Waals surface area contributed by atoms with Crippen molar-refractivity contribution in [3.8, 4) is 0 Å². The lowest BCUT2D eigenvalue weighted by Crippen LogP contribution is -2.38. The standard InChI is InChI=1S/C27H27F2N3O3/c1-17-22(15-31-27(34)26(35-2)19-6-4-3-5-7-19)21-10-11-32(16-20(21)14-30-17)25(33)13-18-8-9-23(28)24(29)12-18/h3-9,12,14,26H,10-11,13,15-16H2,1-2H3,(H,31,34). The molecule has 0 bridgehead atoms. The Morgan fingerprint density at radius 2 is 1.91 bits per heavy atom. The van der Waals surface area contributed by atoms with Crippen LogP contribution >= 0.6 is 0 Å². The van der Waals surface area contributed by atoms with Gasteiger partial charge >= 0.3 is 0 Å². The SMILES string of the molecule is COC(C(=O)NCc1c(C)ncc2c1CCN(C(=O)Cc1ccc(F)c(F)c1)C2)c1ccccc1. The Bertz CT molecular complexity index is 1230. The molecule has 3 aromatic rings. The van der Waals surface area contributed by atoms with E-state index in [1.807, 2.05) is 37.3 Å². The molecule has 0 saturated carbocycles. The monoisotopic (exact) mass is 479 g/mol. The normalized spacial score (nSPS) is 13.8. The molecule has 1 aromatic heterocycles. The van der Waals surface area contributed by atoms with Crippen molar-refractivity contribution in [1.82, 2.24) is 15.2 Å². The number of fused-ring (bicyclic) bond motifs is 1. The van der Waals surface area contributed by atoms with Crippen LogP contribution in [-0.4, -0.2) is 35.4 Å². The van der Waals surface area contributed by atoms with Gasteiger partial charge in [0.05, 0.1) is 6.42 Å². The second kappa shape index (κ2) is 10.7. The molecule has 6 nitrogen and oxygen atoms in total. The molecule has 8 heteroatoms. The summed E-state index contributed by atoms with van der Waals surface area (Å²) in [7, 11) is 1.50. The predicted octanol–water partition coefficient (Wildman–Crippen LogP) is 3.80. The number of aryl methyl sites for hydroxylation is 1. The number of carbonyl (C=O) groups is 2. The van der Waals surface area contributed by atoms with Gasteiger partial charge in [0.15, 0.2) is 17.7 Å². The summed E-state index contributed by atoms with van der Waals surface area (Å²) in [5.74, 6) is -2.30. The van der Waals surface area contributed by atoms with Crippen molar-refractivity contribution in [2.45, 2.75) is 39.0 Å². The average molecular weight is 480 g/mol. The van der Waals surface area contributed by atoms with Crippen molar-refractivity contribution >= 4 is 11.8 Å². The van der Waals surface area contributed by atoms with Gasteiger partial charge in [0, 0.05) is 38.6 Å². The molecule has 1 aliphatic heterocycles. The summed E-state index contributed by atoms with van der Waals surface area (Å²) in [4.78, 5) is 31.8. The van der Waals surface area contributed by atoms with Gasteiger partial charge in [-0.2, -0.15) is 0 Å². The minimum Gasteiger partial charge on any atom is -0.367 e. The van der Waals surface area contributed by atoms with Crippen LogP contribution < -0.4 is 5.32 Å². The Kier molecular flexibility index (Phi) is 7.51. The van der Waals surface area contributed by atoms with E-state index in [0.29, 0.717) is 31.6 Å². The first-order chi connectivity index (χ1) is 16.9. The van der Waals surface area contributed by atoms with Gasteiger partial charge in [-0.05, 0) is 53.3 Å². The van der Waals surface area contributed by atoms with Crippen molar-refractivity contribution < 1.29 is 23.1 Å². The van der Waals surface area contributed by atoms with Crippen LogP contribution in [0.2, 0.25) is 0 Å². The lowest BCUT2D eigenvalue weighted by Gasteiger charge is -2.31. The molecular formula is C27H27F2N3O3. The van der Waals surface area contributed by atoms with Gasteiger partial charge in [0.1, 0.15) is 0 Å². The van der Waals surface area contributed by atoms with E-state index in [-0.39, 0.29) is 18.2 Å². The molecule has 35 heavy (non-hydrogen) atoms. The highest BCUT2D eigenvalue weighted by Gasteiger charge is 2.25. The summed E-state index contributed by atoms with van der Waals surface area (Å²) in [6, 6.07) is 12.8. The van der Waals surface area contributed by atoms with Crippen LogP contribution in [0.25, 0.3) is 0 Å². The first kappa shape index (κ1) is 24.5. The molecule has 2 aromatic carbocycles. The van der Waals surface area contributed by atoms with Crippen molar-refractivity contribution in [1.29, 1.82) is 0 Å². The molecule has 0 fully saturated rings. The van der Waals surface area contributed by atoms with E-state index < -0.39 is 17.7 Å². The third kappa shape index (κ3) is 5.54. The lowest BCUT2D eigenvalue weighted by atomic mass is 9.94. The number of aromatic nitrogens is 1. The van der Waals surface area contributed by atoms with Crippen LogP contribution in [0, 0.1) is 18.6 Å². The Hall–Kier alpha value is -3.65. The van der Waals surface area contributed by atoms with Crippen LogP contribution in [0.4, 0.5) is 8.78 Å². The van der Waals surface area contributed by atoms with Gasteiger partial charge in [-0.25, -0.2) is 8.78 Å². The zero-order valence-electron chi connectivity index (χ0n) is 19.7. The Balaban J connectivity index is 1.44. The number of halogens is 2. The molecule has 1 aliphatic rings. The number of hydrogen-bond acceptors (Lipinski definition) is 4. The summed E-state index contributed by atoms with van der Waals surface area (Å²) in [6.45, 7) is 3.06. The number of ether oxygens (including phenoxy) is 1.